The van der Waals surface area contributed by atoms with Crippen molar-refractivity contribution in [3.63, 3.8) is 0 Å². The fourth-order valence-corrected chi connectivity index (χ4v) is 2.30. The van der Waals surface area contributed by atoms with Gasteiger partial charge in [-0.25, -0.2) is 8.78 Å². The smallest absolute Gasteiger partial charge is 0.258 e. The number of halogens is 2. The Balaban J connectivity index is 1.74. The molecule has 2 heterocycles. The van der Waals surface area contributed by atoms with Crippen molar-refractivity contribution in [1.29, 1.82) is 0 Å². The van der Waals surface area contributed by atoms with E-state index in [9.17, 15) is 8.78 Å². The molecule has 2 nitrogen and oxygen atoms in total. The Kier molecular flexibility index (Phi) is 1.50. The molecule has 15 heavy (non-hydrogen) atoms. The van der Waals surface area contributed by atoms with Crippen LogP contribution in [0.3, 0.4) is 0 Å². The molecule has 4 heteroatoms. The Bertz CT molecular complexity index is 411. The molecule has 3 rings (SSSR count). The molecule has 1 aromatic heterocycles. The van der Waals surface area contributed by atoms with Gasteiger partial charge in [-0.2, -0.15) is 0 Å². The van der Waals surface area contributed by atoms with Gasteiger partial charge < -0.3 is 4.90 Å². The number of alkyl halides is 2. The highest BCUT2D eigenvalue weighted by atomic mass is 19.3. The minimum atomic E-state index is -2.42. The van der Waals surface area contributed by atoms with Crippen molar-refractivity contribution >= 4 is 5.69 Å². The summed E-state index contributed by atoms with van der Waals surface area (Å²) in [5.74, 6) is -2.42. The number of hydrogen-bond donors (Lipinski definition) is 0. The lowest BCUT2D eigenvalue weighted by Gasteiger charge is -2.41. The molecule has 0 unspecified atom stereocenters. The molecule has 1 aliphatic carbocycles. The first-order valence-electron chi connectivity index (χ1n) is 5.07. The van der Waals surface area contributed by atoms with Gasteiger partial charge in [0, 0.05) is 25.7 Å². The van der Waals surface area contributed by atoms with Crippen molar-refractivity contribution in [2.75, 3.05) is 18.0 Å². The van der Waals surface area contributed by atoms with Gasteiger partial charge in [0.15, 0.2) is 0 Å². The third-order valence-electron chi connectivity index (χ3n) is 3.42. The minimum Gasteiger partial charge on any atom is -0.369 e. The van der Waals surface area contributed by atoms with Crippen LogP contribution >= 0.6 is 0 Å². The average molecular weight is 210 g/mol. The third-order valence-corrected chi connectivity index (χ3v) is 3.42. The summed E-state index contributed by atoms with van der Waals surface area (Å²) in [5, 5.41) is 0. The summed E-state index contributed by atoms with van der Waals surface area (Å²) in [6.45, 7) is 2.91. The maximum atomic E-state index is 13.0. The molecular formula is C11H12F2N2. The van der Waals surface area contributed by atoms with Crippen molar-refractivity contribution in [1.82, 2.24) is 4.98 Å². The van der Waals surface area contributed by atoms with E-state index in [2.05, 4.69) is 4.98 Å². The first kappa shape index (κ1) is 9.07. The molecule has 2 aliphatic rings. The standard InChI is InChI=1S/C11H12F2N2/c1-8-2-9(4-14-3-8)15-6-10(7-15)5-11(10,12)13/h2-4H,5-7H2,1H3. The van der Waals surface area contributed by atoms with E-state index in [4.69, 9.17) is 0 Å². The van der Waals surface area contributed by atoms with E-state index in [-0.39, 0.29) is 6.42 Å². The summed E-state index contributed by atoms with van der Waals surface area (Å²) in [6, 6.07) is 1.99. The lowest BCUT2D eigenvalue weighted by molar-refractivity contribution is 0.0520. The summed E-state index contributed by atoms with van der Waals surface area (Å²) in [5.41, 5.74) is 1.33. The van der Waals surface area contributed by atoms with Gasteiger partial charge in [-0.05, 0) is 18.6 Å². The summed E-state index contributed by atoms with van der Waals surface area (Å²) >= 11 is 0. The molecule has 0 bridgehead atoms. The second-order valence-corrected chi connectivity index (χ2v) is 4.74. The van der Waals surface area contributed by atoms with Crippen LogP contribution in [-0.2, 0) is 0 Å². The second-order valence-electron chi connectivity index (χ2n) is 4.74. The number of anilines is 1. The van der Waals surface area contributed by atoms with Gasteiger partial charge in [-0.1, -0.05) is 0 Å². The lowest BCUT2D eigenvalue weighted by Crippen LogP contribution is -2.51. The lowest BCUT2D eigenvalue weighted by atomic mass is 9.95. The summed E-state index contributed by atoms with van der Waals surface area (Å²) in [4.78, 5) is 6.04. The van der Waals surface area contributed by atoms with Crippen LogP contribution in [0.25, 0.3) is 0 Å². The normalized spacial score (nSPS) is 25.1. The Morgan fingerprint density at radius 3 is 2.53 bits per heavy atom. The molecule has 2 fully saturated rings. The SMILES string of the molecule is Cc1cncc(N2CC3(C2)CC3(F)F)c1. The molecule has 1 aromatic rings. The van der Waals surface area contributed by atoms with Crippen LogP contribution in [0.2, 0.25) is 0 Å². The summed E-state index contributed by atoms with van der Waals surface area (Å²) < 4.78 is 25.9. The number of hydrogen-bond acceptors (Lipinski definition) is 2. The van der Waals surface area contributed by atoms with Crippen molar-refractivity contribution in [2.45, 2.75) is 19.3 Å². The number of nitrogens with zero attached hydrogens (tertiary/aromatic N) is 2. The Hall–Kier alpha value is -1.19. The third kappa shape index (κ3) is 1.17. The molecule has 1 spiro atoms. The topological polar surface area (TPSA) is 16.1 Å². The summed E-state index contributed by atoms with van der Waals surface area (Å²) in [7, 11) is 0. The van der Waals surface area contributed by atoms with Crippen LogP contribution in [0.1, 0.15) is 12.0 Å². The van der Waals surface area contributed by atoms with Crippen LogP contribution in [0.5, 0.6) is 0 Å². The van der Waals surface area contributed by atoms with E-state index in [0.29, 0.717) is 13.1 Å². The van der Waals surface area contributed by atoms with Crippen molar-refractivity contribution in [2.24, 2.45) is 5.41 Å². The Labute approximate surface area is 86.9 Å². The predicted molar refractivity (Wildman–Crippen MR) is 53.2 cm³/mol. The van der Waals surface area contributed by atoms with Gasteiger partial charge in [0.25, 0.3) is 5.92 Å². The van der Waals surface area contributed by atoms with Crippen LogP contribution < -0.4 is 4.90 Å². The number of rotatable bonds is 1. The number of pyridine rings is 1. The van der Waals surface area contributed by atoms with E-state index in [0.717, 1.165) is 11.3 Å². The molecule has 1 saturated heterocycles. The quantitative estimate of drug-likeness (QED) is 0.706. The van der Waals surface area contributed by atoms with Crippen LogP contribution in [0.4, 0.5) is 14.5 Å². The van der Waals surface area contributed by atoms with Crippen molar-refractivity contribution < 1.29 is 8.78 Å². The van der Waals surface area contributed by atoms with Crippen molar-refractivity contribution in [3.8, 4) is 0 Å². The molecule has 0 atom stereocenters. The zero-order chi connectivity index (χ0) is 10.7. The van der Waals surface area contributed by atoms with Crippen LogP contribution in [0.15, 0.2) is 18.5 Å². The molecule has 1 saturated carbocycles. The van der Waals surface area contributed by atoms with Gasteiger partial charge in [-0.15, -0.1) is 0 Å². The fourth-order valence-electron chi connectivity index (χ4n) is 2.30. The molecule has 0 radical (unpaired) electrons. The molecule has 0 amide bonds. The van der Waals surface area contributed by atoms with Crippen LogP contribution in [-0.4, -0.2) is 24.0 Å². The molecule has 80 valence electrons. The first-order chi connectivity index (χ1) is 7.02. The Morgan fingerprint density at radius 2 is 2.00 bits per heavy atom. The summed E-state index contributed by atoms with van der Waals surface area (Å²) in [6.07, 6.45) is 3.57. The first-order valence-corrected chi connectivity index (χ1v) is 5.07. The highest BCUT2D eigenvalue weighted by Gasteiger charge is 2.75. The molecule has 1 aliphatic heterocycles. The zero-order valence-electron chi connectivity index (χ0n) is 8.50. The van der Waals surface area contributed by atoms with E-state index < -0.39 is 11.3 Å². The molecule has 0 aromatic carbocycles. The monoisotopic (exact) mass is 210 g/mol. The highest BCUT2D eigenvalue weighted by Crippen LogP contribution is 2.65. The van der Waals surface area contributed by atoms with Gasteiger partial charge in [0.2, 0.25) is 0 Å². The van der Waals surface area contributed by atoms with Gasteiger partial charge in [0.1, 0.15) is 0 Å². The fraction of sp³-hybridized carbons (Fsp3) is 0.545. The Morgan fingerprint density at radius 1 is 1.33 bits per heavy atom. The van der Waals surface area contributed by atoms with E-state index in [1.165, 1.54) is 0 Å². The van der Waals surface area contributed by atoms with E-state index >= 15 is 0 Å². The van der Waals surface area contributed by atoms with Gasteiger partial charge in [0.05, 0.1) is 17.3 Å². The molecular weight excluding hydrogens is 198 g/mol. The minimum absolute atomic E-state index is 0.0652. The second kappa shape index (κ2) is 2.49. The zero-order valence-corrected chi connectivity index (χ0v) is 8.50. The van der Waals surface area contributed by atoms with E-state index in [1.807, 2.05) is 17.9 Å². The largest absolute Gasteiger partial charge is 0.369 e. The molecule has 0 N–H and O–H groups in total. The number of aromatic nitrogens is 1. The average Bonchev–Trinajstić information content (AvgIpc) is 2.66. The van der Waals surface area contributed by atoms with Gasteiger partial charge >= 0.3 is 0 Å². The van der Waals surface area contributed by atoms with Gasteiger partial charge in [-0.3, -0.25) is 4.98 Å². The number of aryl methyl sites for hydroxylation is 1. The van der Waals surface area contributed by atoms with Crippen LogP contribution in [0, 0.1) is 12.3 Å². The maximum Gasteiger partial charge on any atom is 0.258 e. The van der Waals surface area contributed by atoms with Crippen molar-refractivity contribution in [3.05, 3.63) is 24.0 Å². The maximum absolute atomic E-state index is 13.0. The van der Waals surface area contributed by atoms with E-state index in [1.54, 1.807) is 12.4 Å². The predicted octanol–water partition coefficient (Wildman–Crippen LogP) is 2.24. The highest BCUT2D eigenvalue weighted by molar-refractivity contribution is 5.51.